The molecule has 1 aliphatic rings. The molecule has 0 radical (unpaired) electrons. The van der Waals surface area contributed by atoms with Crippen molar-refractivity contribution in [2.75, 3.05) is 5.75 Å². The first-order valence-electron chi connectivity index (χ1n) is 4.96. The maximum Gasteiger partial charge on any atom is 0.213 e. The van der Waals surface area contributed by atoms with Gasteiger partial charge in [-0.3, -0.25) is 0 Å². The van der Waals surface area contributed by atoms with E-state index in [2.05, 4.69) is 26.9 Å². The van der Waals surface area contributed by atoms with Crippen molar-refractivity contribution in [2.24, 2.45) is 0 Å². The minimum Gasteiger partial charge on any atom is -0.343 e. The lowest BCUT2D eigenvalue weighted by atomic mass is 10.1. The normalized spacial score (nSPS) is 27.8. The predicted octanol–water partition coefficient (Wildman–Crippen LogP) is 1.44. The Kier molecular flexibility index (Phi) is 3.42. The third kappa shape index (κ3) is 2.48. The van der Waals surface area contributed by atoms with Crippen LogP contribution >= 0.6 is 11.8 Å². The first-order valence-corrected chi connectivity index (χ1v) is 6.01. The third-order valence-corrected chi connectivity index (χ3v) is 3.91. The highest BCUT2D eigenvalue weighted by molar-refractivity contribution is 7.99. The van der Waals surface area contributed by atoms with Crippen LogP contribution in [0.5, 0.6) is 0 Å². The molecule has 5 heteroatoms. The molecule has 0 bridgehead atoms. The fraction of sp³-hybridized carbons (Fsp3) is 0.778. The monoisotopic (exact) mass is 213 g/mol. The molecule has 1 saturated heterocycles. The van der Waals surface area contributed by atoms with Gasteiger partial charge in [-0.25, -0.2) is 0 Å². The van der Waals surface area contributed by atoms with Gasteiger partial charge in [0.2, 0.25) is 6.39 Å². The zero-order valence-electron chi connectivity index (χ0n) is 8.27. The van der Waals surface area contributed by atoms with E-state index in [1.807, 2.05) is 11.8 Å². The van der Waals surface area contributed by atoms with E-state index in [0.717, 1.165) is 5.82 Å². The summed E-state index contributed by atoms with van der Waals surface area (Å²) in [6.07, 6.45) is 3.93. The fourth-order valence-electron chi connectivity index (χ4n) is 1.68. The molecule has 2 rings (SSSR count). The smallest absolute Gasteiger partial charge is 0.213 e. The van der Waals surface area contributed by atoms with Gasteiger partial charge in [-0.15, -0.1) is 0 Å². The van der Waals surface area contributed by atoms with Crippen LogP contribution in [0.1, 0.15) is 25.6 Å². The van der Waals surface area contributed by atoms with E-state index >= 15 is 0 Å². The van der Waals surface area contributed by atoms with Gasteiger partial charge in [0, 0.05) is 11.3 Å². The Balaban J connectivity index is 1.79. The summed E-state index contributed by atoms with van der Waals surface area (Å²) in [7, 11) is 0. The highest BCUT2D eigenvalue weighted by atomic mass is 32.2. The van der Waals surface area contributed by atoms with Gasteiger partial charge < -0.3 is 9.84 Å². The number of rotatable bonds is 3. The maximum absolute atomic E-state index is 4.67. The summed E-state index contributed by atoms with van der Waals surface area (Å²) >= 11 is 2.04. The van der Waals surface area contributed by atoms with Gasteiger partial charge in [-0.05, 0) is 18.6 Å². The van der Waals surface area contributed by atoms with Crippen LogP contribution in [0.25, 0.3) is 0 Å². The molecular weight excluding hydrogens is 198 g/mol. The lowest BCUT2D eigenvalue weighted by Gasteiger charge is -2.28. The maximum atomic E-state index is 4.67. The minimum absolute atomic E-state index is 0.590. The molecule has 0 spiro atoms. The molecule has 2 atom stereocenters. The van der Waals surface area contributed by atoms with Crippen LogP contribution < -0.4 is 5.32 Å². The summed E-state index contributed by atoms with van der Waals surface area (Å²) in [4.78, 5) is 3.98. The summed E-state index contributed by atoms with van der Waals surface area (Å²) in [6.45, 7) is 2.99. The van der Waals surface area contributed by atoms with Crippen molar-refractivity contribution in [2.45, 2.75) is 37.6 Å². The number of nitrogens with one attached hydrogen (secondary N) is 1. The molecule has 2 heterocycles. The Morgan fingerprint density at radius 3 is 3.36 bits per heavy atom. The van der Waals surface area contributed by atoms with Gasteiger partial charge >= 0.3 is 0 Å². The van der Waals surface area contributed by atoms with Crippen LogP contribution in [0, 0.1) is 0 Å². The Morgan fingerprint density at radius 1 is 1.71 bits per heavy atom. The first-order chi connectivity index (χ1) is 6.86. The van der Waals surface area contributed by atoms with E-state index in [4.69, 9.17) is 0 Å². The van der Waals surface area contributed by atoms with Crippen LogP contribution in [0.2, 0.25) is 0 Å². The lowest BCUT2D eigenvalue weighted by Crippen LogP contribution is -2.38. The van der Waals surface area contributed by atoms with Crippen LogP contribution in [0.15, 0.2) is 10.9 Å². The van der Waals surface area contributed by atoms with Crippen molar-refractivity contribution >= 4 is 11.8 Å². The second kappa shape index (κ2) is 4.79. The van der Waals surface area contributed by atoms with Crippen LogP contribution in [0.4, 0.5) is 0 Å². The van der Waals surface area contributed by atoms with Crippen molar-refractivity contribution in [1.29, 1.82) is 0 Å². The van der Waals surface area contributed by atoms with E-state index in [9.17, 15) is 0 Å². The molecule has 78 valence electrons. The van der Waals surface area contributed by atoms with E-state index in [1.54, 1.807) is 0 Å². The summed E-state index contributed by atoms with van der Waals surface area (Å²) in [5.74, 6) is 2.04. The zero-order valence-corrected chi connectivity index (χ0v) is 9.09. The predicted molar refractivity (Wildman–Crippen MR) is 56.1 cm³/mol. The number of hydrogen-bond acceptors (Lipinski definition) is 5. The highest BCUT2D eigenvalue weighted by Crippen LogP contribution is 2.24. The Bertz CT molecular complexity index is 265. The summed E-state index contributed by atoms with van der Waals surface area (Å²) in [5.41, 5.74) is 0. The standard InChI is InChI=1S/C9H15N3OS/c1-7-8(3-2-4-14-7)10-5-9-11-6-13-12-9/h6-8,10H,2-5H2,1H3. The van der Waals surface area contributed by atoms with Crippen molar-refractivity contribution in [3.63, 3.8) is 0 Å². The molecule has 0 aromatic carbocycles. The molecule has 0 amide bonds. The molecule has 14 heavy (non-hydrogen) atoms. The van der Waals surface area contributed by atoms with Crippen LogP contribution in [0.3, 0.4) is 0 Å². The highest BCUT2D eigenvalue weighted by Gasteiger charge is 2.21. The largest absolute Gasteiger partial charge is 0.343 e. The van der Waals surface area contributed by atoms with Crippen LogP contribution in [-0.4, -0.2) is 27.2 Å². The third-order valence-electron chi connectivity index (χ3n) is 2.54. The minimum atomic E-state index is 0.590. The van der Waals surface area contributed by atoms with Gasteiger partial charge in [-0.1, -0.05) is 12.1 Å². The second-order valence-electron chi connectivity index (χ2n) is 3.55. The number of aromatic nitrogens is 2. The molecule has 1 aliphatic heterocycles. The van der Waals surface area contributed by atoms with E-state index < -0.39 is 0 Å². The van der Waals surface area contributed by atoms with Gasteiger partial charge in [-0.2, -0.15) is 16.7 Å². The Labute approximate surface area is 87.8 Å². The lowest BCUT2D eigenvalue weighted by molar-refractivity contribution is 0.399. The first kappa shape index (κ1) is 9.98. The molecule has 1 fully saturated rings. The average molecular weight is 213 g/mol. The van der Waals surface area contributed by atoms with E-state index in [1.165, 1.54) is 25.0 Å². The van der Waals surface area contributed by atoms with Gasteiger partial charge in [0.15, 0.2) is 5.82 Å². The average Bonchev–Trinajstić information content (AvgIpc) is 2.69. The number of hydrogen-bond donors (Lipinski definition) is 1. The molecule has 4 nitrogen and oxygen atoms in total. The van der Waals surface area contributed by atoms with E-state index in [0.29, 0.717) is 17.8 Å². The molecule has 0 saturated carbocycles. The van der Waals surface area contributed by atoms with Gasteiger partial charge in [0.05, 0.1) is 6.54 Å². The summed E-state index contributed by atoms with van der Waals surface area (Å²) in [6, 6.07) is 0.590. The van der Waals surface area contributed by atoms with Crippen molar-refractivity contribution < 1.29 is 4.52 Å². The van der Waals surface area contributed by atoms with E-state index in [-0.39, 0.29) is 0 Å². The number of thioether (sulfide) groups is 1. The molecule has 1 aromatic heterocycles. The van der Waals surface area contributed by atoms with Crippen molar-refractivity contribution in [1.82, 2.24) is 15.5 Å². The van der Waals surface area contributed by atoms with Gasteiger partial charge in [0.25, 0.3) is 0 Å². The zero-order chi connectivity index (χ0) is 9.80. The summed E-state index contributed by atoms with van der Waals surface area (Å²) < 4.78 is 4.67. The molecule has 2 unspecified atom stereocenters. The molecule has 0 aliphatic carbocycles. The van der Waals surface area contributed by atoms with Crippen molar-refractivity contribution in [3.8, 4) is 0 Å². The Morgan fingerprint density at radius 2 is 2.64 bits per heavy atom. The Hall–Kier alpha value is -0.550. The van der Waals surface area contributed by atoms with Crippen LogP contribution in [-0.2, 0) is 6.54 Å². The molecule has 1 aromatic rings. The second-order valence-corrected chi connectivity index (χ2v) is 5.04. The quantitative estimate of drug-likeness (QED) is 0.823. The fourth-order valence-corrected chi connectivity index (χ4v) is 2.85. The molecular formula is C9H15N3OS. The van der Waals surface area contributed by atoms with Gasteiger partial charge in [0.1, 0.15) is 0 Å². The number of nitrogens with zero attached hydrogens (tertiary/aromatic N) is 2. The summed E-state index contributed by atoms with van der Waals surface area (Å²) in [5, 5.41) is 7.93. The molecule has 1 N–H and O–H groups in total. The van der Waals surface area contributed by atoms with Crippen molar-refractivity contribution in [3.05, 3.63) is 12.2 Å². The SMILES string of the molecule is CC1SCCCC1NCc1ncon1. The topological polar surface area (TPSA) is 51.0 Å².